The van der Waals surface area contributed by atoms with Crippen LogP contribution in [-0.4, -0.2) is 36.7 Å². The lowest BCUT2D eigenvalue weighted by atomic mass is 10.2. The van der Waals surface area contributed by atoms with Gasteiger partial charge in [0.2, 0.25) is 11.9 Å². The molecule has 1 fully saturated rings. The third kappa shape index (κ3) is 4.15. The second-order valence-electron chi connectivity index (χ2n) is 5.69. The van der Waals surface area contributed by atoms with Gasteiger partial charge in [-0.2, -0.15) is 0 Å². The second-order valence-corrected chi connectivity index (χ2v) is 6.12. The number of nitrogens with zero attached hydrogens (tertiary/aromatic N) is 1. The van der Waals surface area contributed by atoms with Gasteiger partial charge in [-0.3, -0.25) is 10.1 Å². The Labute approximate surface area is 163 Å². The summed E-state index contributed by atoms with van der Waals surface area (Å²) in [5.41, 5.74) is -0.202. The fraction of sp³-hybridized carbons (Fsp3) is 0.222. The van der Waals surface area contributed by atoms with E-state index in [0.717, 1.165) is 6.07 Å². The van der Waals surface area contributed by atoms with Crippen molar-refractivity contribution in [2.75, 3.05) is 13.7 Å². The summed E-state index contributed by atoms with van der Waals surface area (Å²) in [6.45, 7) is 0.201. The number of hydrogen-bond acceptors (Lipinski definition) is 8. The number of nitro groups is 1. The lowest BCUT2D eigenvalue weighted by Gasteiger charge is -2.13. The Morgan fingerprint density at radius 2 is 1.96 bits per heavy atom. The van der Waals surface area contributed by atoms with Crippen LogP contribution in [0.25, 0.3) is 0 Å². The zero-order valence-electron chi connectivity index (χ0n) is 14.5. The Balaban J connectivity index is 1.83. The Morgan fingerprint density at radius 1 is 1.21 bits per heavy atom. The highest BCUT2D eigenvalue weighted by atomic mass is 35.5. The molecule has 0 N–H and O–H groups in total. The van der Waals surface area contributed by atoms with E-state index in [1.165, 1.54) is 37.4 Å². The van der Waals surface area contributed by atoms with E-state index >= 15 is 0 Å². The number of benzene rings is 2. The predicted octanol–water partition coefficient (Wildman–Crippen LogP) is 3.52. The van der Waals surface area contributed by atoms with Gasteiger partial charge in [0, 0.05) is 17.5 Å². The fourth-order valence-corrected chi connectivity index (χ4v) is 2.66. The molecule has 0 aromatic heterocycles. The van der Waals surface area contributed by atoms with Crippen LogP contribution in [0.15, 0.2) is 36.4 Å². The van der Waals surface area contributed by atoms with Crippen molar-refractivity contribution in [2.24, 2.45) is 0 Å². The molecule has 3 rings (SSSR count). The summed E-state index contributed by atoms with van der Waals surface area (Å²) >= 11 is 5.79. The number of hydrogen-bond donors (Lipinski definition) is 0. The summed E-state index contributed by atoms with van der Waals surface area (Å²) in [6.07, 6.45) is -0.644. The van der Waals surface area contributed by atoms with Gasteiger partial charge in [-0.25, -0.2) is 9.59 Å². The minimum absolute atomic E-state index is 0.0447. The fourth-order valence-electron chi connectivity index (χ4n) is 2.50. The second kappa shape index (κ2) is 8.13. The molecule has 0 radical (unpaired) electrons. The van der Waals surface area contributed by atoms with Crippen molar-refractivity contribution in [3.63, 3.8) is 0 Å². The lowest BCUT2D eigenvalue weighted by molar-refractivity contribution is -0.385. The van der Waals surface area contributed by atoms with Crippen molar-refractivity contribution in [3.05, 3.63) is 57.1 Å². The molecule has 0 saturated carbocycles. The van der Waals surface area contributed by atoms with Gasteiger partial charge in [-0.05, 0) is 30.3 Å². The van der Waals surface area contributed by atoms with E-state index in [9.17, 15) is 19.7 Å². The van der Waals surface area contributed by atoms with E-state index in [1.807, 2.05) is 0 Å². The highest BCUT2D eigenvalue weighted by Crippen LogP contribution is 2.38. The van der Waals surface area contributed by atoms with Crippen LogP contribution in [0.5, 0.6) is 17.2 Å². The molecule has 0 aliphatic carbocycles. The summed E-state index contributed by atoms with van der Waals surface area (Å²) in [7, 11) is 1.35. The van der Waals surface area contributed by atoms with Gasteiger partial charge in [0.25, 0.3) is 0 Å². The minimum Gasteiger partial charge on any atom is -0.493 e. The van der Waals surface area contributed by atoms with E-state index in [1.54, 1.807) is 0 Å². The van der Waals surface area contributed by atoms with Gasteiger partial charge in [0.15, 0.2) is 11.5 Å². The Bertz CT molecular complexity index is 945. The van der Waals surface area contributed by atoms with E-state index in [-0.39, 0.29) is 40.1 Å². The Hall–Kier alpha value is -3.33. The number of nitro benzene ring substituents is 1. The first-order valence-electron chi connectivity index (χ1n) is 8.06. The number of ether oxygens (including phenoxy) is 4. The van der Waals surface area contributed by atoms with Crippen LogP contribution in [0.4, 0.5) is 5.69 Å². The van der Waals surface area contributed by atoms with Crippen LogP contribution < -0.4 is 9.47 Å². The van der Waals surface area contributed by atoms with E-state index in [2.05, 4.69) is 0 Å². The van der Waals surface area contributed by atoms with Crippen LogP contribution >= 0.6 is 11.6 Å². The molecule has 0 unspecified atom stereocenters. The third-order valence-corrected chi connectivity index (χ3v) is 4.11. The molecule has 1 heterocycles. The number of carbonyl (C=O) groups is 2. The van der Waals surface area contributed by atoms with Gasteiger partial charge >= 0.3 is 17.6 Å². The van der Waals surface area contributed by atoms with Crippen molar-refractivity contribution >= 4 is 29.2 Å². The number of halogens is 1. The molecular formula is C18H14ClNO8. The molecular weight excluding hydrogens is 394 g/mol. The van der Waals surface area contributed by atoms with Gasteiger partial charge in [0.05, 0.1) is 24.2 Å². The molecule has 146 valence electrons. The average Bonchev–Trinajstić information content (AvgIpc) is 3.07. The van der Waals surface area contributed by atoms with Gasteiger partial charge in [-0.1, -0.05) is 11.6 Å². The zero-order valence-corrected chi connectivity index (χ0v) is 15.3. The molecule has 1 atom stereocenters. The summed E-state index contributed by atoms with van der Waals surface area (Å²) in [5.74, 6) is -1.07. The molecule has 10 heteroatoms. The molecule has 2 aromatic rings. The largest absolute Gasteiger partial charge is 0.493 e. The topological polar surface area (TPSA) is 114 Å². The van der Waals surface area contributed by atoms with Gasteiger partial charge in [-0.15, -0.1) is 0 Å². The van der Waals surface area contributed by atoms with Crippen LogP contribution in [0.2, 0.25) is 5.02 Å². The smallest absolute Gasteiger partial charge is 0.347 e. The third-order valence-electron chi connectivity index (χ3n) is 3.87. The van der Waals surface area contributed by atoms with Crippen molar-refractivity contribution in [1.29, 1.82) is 0 Å². The van der Waals surface area contributed by atoms with Crippen LogP contribution in [0, 0.1) is 10.1 Å². The molecule has 2 aromatic carbocycles. The normalized spacial score (nSPS) is 15.6. The van der Waals surface area contributed by atoms with E-state index < -0.39 is 23.0 Å². The van der Waals surface area contributed by atoms with Crippen molar-refractivity contribution in [3.8, 4) is 17.2 Å². The number of cyclic esters (lactones) is 1. The maximum atomic E-state index is 12.2. The maximum absolute atomic E-state index is 12.2. The quantitative estimate of drug-likeness (QED) is 0.406. The summed E-state index contributed by atoms with van der Waals surface area (Å²) < 4.78 is 20.6. The first-order chi connectivity index (χ1) is 13.4. The molecule has 1 aliphatic rings. The van der Waals surface area contributed by atoms with Crippen molar-refractivity contribution < 1.29 is 33.5 Å². The summed E-state index contributed by atoms with van der Waals surface area (Å²) in [5, 5.41) is 11.4. The summed E-state index contributed by atoms with van der Waals surface area (Å²) in [6, 6.07) is 8.11. The highest BCUT2D eigenvalue weighted by Gasteiger charge is 2.30. The number of carbonyl (C=O) groups excluding carboxylic acids is 2. The molecule has 28 heavy (non-hydrogen) atoms. The van der Waals surface area contributed by atoms with E-state index in [0.29, 0.717) is 6.42 Å². The summed E-state index contributed by atoms with van der Waals surface area (Å²) in [4.78, 5) is 34.2. The first-order valence-corrected chi connectivity index (χ1v) is 8.44. The standard InChI is InChI=1S/C18H14ClNO8/c1-25-16-8-10(17(21)28-15-6-7-26-18(15)22)2-4-14(16)27-13-5-3-11(19)9-12(13)20(23)24/h2-5,8-9,15H,6-7H2,1H3/t15-/m1/s1. The number of methoxy groups -OCH3 is 1. The molecule has 1 saturated heterocycles. The number of esters is 2. The molecule has 0 amide bonds. The monoisotopic (exact) mass is 407 g/mol. The Morgan fingerprint density at radius 3 is 2.61 bits per heavy atom. The van der Waals surface area contributed by atoms with E-state index in [4.69, 9.17) is 30.5 Å². The van der Waals surface area contributed by atoms with Crippen LogP contribution in [0.1, 0.15) is 16.8 Å². The molecule has 1 aliphatic heterocycles. The van der Waals surface area contributed by atoms with Crippen LogP contribution in [0.3, 0.4) is 0 Å². The van der Waals surface area contributed by atoms with Crippen molar-refractivity contribution in [1.82, 2.24) is 0 Å². The Kier molecular flexibility index (Phi) is 5.65. The lowest BCUT2D eigenvalue weighted by Crippen LogP contribution is -2.22. The predicted molar refractivity (Wildman–Crippen MR) is 96.0 cm³/mol. The zero-order chi connectivity index (χ0) is 20.3. The van der Waals surface area contributed by atoms with Gasteiger partial charge < -0.3 is 18.9 Å². The molecule has 0 spiro atoms. The molecule has 9 nitrogen and oxygen atoms in total. The van der Waals surface area contributed by atoms with Crippen LogP contribution in [-0.2, 0) is 14.3 Å². The van der Waals surface area contributed by atoms with Crippen molar-refractivity contribution in [2.45, 2.75) is 12.5 Å². The minimum atomic E-state index is -0.939. The molecule has 0 bridgehead atoms. The highest BCUT2D eigenvalue weighted by molar-refractivity contribution is 6.30. The average molecular weight is 408 g/mol. The SMILES string of the molecule is COc1cc(C(=O)O[C@@H]2CCOC2=O)ccc1Oc1ccc(Cl)cc1[N+](=O)[O-]. The first kappa shape index (κ1) is 19.4. The maximum Gasteiger partial charge on any atom is 0.347 e. The number of rotatable bonds is 6. The van der Waals surface area contributed by atoms with Gasteiger partial charge in [0.1, 0.15) is 0 Å².